The maximum Gasteiger partial charge on any atom is 0.229 e. The number of rotatable bonds is 6. The first-order valence-corrected chi connectivity index (χ1v) is 10.8. The molecule has 1 amide bonds. The van der Waals surface area contributed by atoms with Crippen molar-refractivity contribution in [1.82, 2.24) is 10.2 Å². The minimum absolute atomic E-state index is 0.00382. The van der Waals surface area contributed by atoms with E-state index in [2.05, 4.69) is 27.0 Å². The van der Waals surface area contributed by atoms with Gasteiger partial charge < -0.3 is 5.32 Å². The second-order valence-electron chi connectivity index (χ2n) is 5.70. The van der Waals surface area contributed by atoms with Gasteiger partial charge in [-0.3, -0.25) is 4.79 Å². The predicted octanol–water partition coefficient (Wildman–Crippen LogP) is 5.29. The van der Waals surface area contributed by atoms with Crippen molar-refractivity contribution in [1.29, 1.82) is 0 Å². The predicted molar refractivity (Wildman–Crippen MR) is 105 cm³/mol. The lowest BCUT2D eigenvalue weighted by Crippen LogP contribution is -2.14. The molecule has 4 rings (SSSR count). The third-order valence-corrected chi connectivity index (χ3v) is 7.41. The van der Waals surface area contributed by atoms with E-state index in [9.17, 15) is 4.79 Å². The maximum absolute atomic E-state index is 12.4. The highest BCUT2D eigenvalue weighted by Crippen LogP contribution is 2.50. The van der Waals surface area contributed by atoms with Gasteiger partial charge >= 0.3 is 0 Å². The van der Waals surface area contributed by atoms with Gasteiger partial charge in [-0.25, -0.2) is 0 Å². The molecule has 1 aliphatic carbocycles. The molecule has 0 radical (unpaired) electrons. The summed E-state index contributed by atoms with van der Waals surface area (Å²) in [6.07, 6.45) is 0.828. The largest absolute Gasteiger partial charge is 0.300 e. The monoisotopic (exact) mass is 407 g/mol. The van der Waals surface area contributed by atoms with E-state index in [4.69, 9.17) is 11.6 Å². The molecule has 2 aromatic heterocycles. The molecule has 2 heterocycles. The molecule has 25 heavy (non-hydrogen) atoms. The number of nitrogens with one attached hydrogen (secondary N) is 1. The molecule has 0 bridgehead atoms. The minimum Gasteiger partial charge on any atom is -0.300 e. The van der Waals surface area contributed by atoms with Crippen LogP contribution >= 0.6 is 46.0 Å². The lowest BCUT2D eigenvalue weighted by molar-refractivity contribution is -0.117. The number of carbonyl (C=O) groups excluding carboxylic acids is 1. The molecule has 2 atom stereocenters. The number of hydrogen-bond donors (Lipinski definition) is 1. The standard InChI is InChI=1S/C17H14ClN3OS3/c18-14-6-2-1-5-11(14)12-8-13(12)15(22)19-16-20-21-17(25-16)24-9-10-4-3-7-23-10/h1-7,12-13H,8-9H2,(H,19,20,22). The molecule has 1 fully saturated rings. The highest BCUT2D eigenvalue weighted by Gasteiger charge is 2.45. The third-order valence-electron chi connectivity index (χ3n) is 3.99. The van der Waals surface area contributed by atoms with Gasteiger partial charge in [0, 0.05) is 21.6 Å². The van der Waals surface area contributed by atoms with E-state index in [1.165, 1.54) is 16.2 Å². The number of amides is 1. The maximum atomic E-state index is 12.4. The van der Waals surface area contributed by atoms with Crippen molar-refractivity contribution in [2.24, 2.45) is 5.92 Å². The van der Waals surface area contributed by atoms with E-state index >= 15 is 0 Å². The van der Waals surface area contributed by atoms with Crippen LogP contribution in [-0.4, -0.2) is 16.1 Å². The summed E-state index contributed by atoms with van der Waals surface area (Å²) in [6.45, 7) is 0. The fraction of sp³-hybridized carbons (Fsp3) is 0.235. The van der Waals surface area contributed by atoms with Crippen LogP contribution in [0.2, 0.25) is 5.02 Å². The molecule has 8 heteroatoms. The van der Waals surface area contributed by atoms with Gasteiger partial charge in [0.2, 0.25) is 11.0 Å². The molecular formula is C17H14ClN3OS3. The van der Waals surface area contributed by atoms with Gasteiger partial charge in [0.05, 0.1) is 0 Å². The number of aromatic nitrogens is 2. The number of thiophene rings is 1. The molecule has 4 nitrogen and oxygen atoms in total. The summed E-state index contributed by atoms with van der Waals surface area (Å²) in [5, 5.41) is 14.5. The molecule has 1 aliphatic rings. The molecule has 2 unspecified atom stereocenters. The number of halogens is 1. The Morgan fingerprint density at radius 1 is 1.28 bits per heavy atom. The number of hydrogen-bond acceptors (Lipinski definition) is 6. The fourth-order valence-electron chi connectivity index (χ4n) is 2.65. The van der Waals surface area contributed by atoms with Crippen LogP contribution in [0.3, 0.4) is 0 Å². The zero-order chi connectivity index (χ0) is 17.2. The topological polar surface area (TPSA) is 54.9 Å². The summed E-state index contributed by atoms with van der Waals surface area (Å²) in [5.74, 6) is 1.04. The lowest BCUT2D eigenvalue weighted by Gasteiger charge is -2.03. The fourth-order valence-corrected chi connectivity index (χ4v) is 5.45. The molecule has 0 spiro atoms. The number of anilines is 1. The van der Waals surface area contributed by atoms with E-state index in [-0.39, 0.29) is 17.7 Å². The van der Waals surface area contributed by atoms with Crippen molar-refractivity contribution in [3.63, 3.8) is 0 Å². The van der Waals surface area contributed by atoms with Gasteiger partial charge in [-0.1, -0.05) is 59.0 Å². The number of nitrogens with zero attached hydrogens (tertiary/aromatic N) is 2. The van der Waals surface area contributed by atoms with Crippen LogP contribution in [0.15, 0.2) is 46.1 Å². The quantitative estimate of drug-likeness (QED) is 0.445. The summed E-state index contributed by atoms with van der Waals surface area (Å²) in [4.78, 5) is 13.7. The number of carbonyl (C=O) groups is 1. The first kappa shape index (κ1) is 17.0. The number of thioether (sulfide) groups is 1. The van der Waals surface area contributed by atoms with Crippen molar-refractivity contribution in [2.45, 2.75) is 22.4 Å². The SMILES string of the molecule is O=C(Nc1nnc(SCc2cccs2)s1)C1CC1c1ccccc1Cl. The van der Waals surface area contributed by atoms with Crippen LogP contribution in [0.1, 0.15) is 22.8 Å². The van der Waals surface area contributed by atoms with Crippen LogP contribution < -0.4 is 5.32 Å². The zero-order valence-corrected chi connectivity index (χ0v) is 16.2. The van der Waals surface area contributed by atoms with Crippen molar-refractivity contribution >= 4 is 57.1 Å². The minimum atomic E-state index is -0.0361. The Morgan fingerprint density at radius 3 is 2.96 bits per heavy atom. The van der Waals surface area contributed by atoms with Gasteiger partial charge in [0.1, 0.15) is 0 Å². The Bertz CT molecular complexity index is 881. The van der Waals surface area contributed by atoms with Crippen LogP contribution in [0.5, 0.6) is 0 Å². The summed E-state index contributed by atoms with van der Waals surface area (Å²) >= 11 is 11.0. The van der Waals surface area contributed by atoms with Crippen molar-refractivity contribution in [3.05, 3.63) is 57.2 Å². The van der Waals surface area contributed by atoms with Gasteiger partial charge in [0.25, 0.3) is 0 Å². The summed E-state index contributed by atoms with van der Waals surface area (Å²) < 4.78 is 0.863. The lowest BCUT2D eigenvalue weighted by atomic mass is 10.1. The summed E-state index contributed by atoms with van der Waals surface area (Å²) in [5.41, 5.74) is 1.05. The van der Waals surface area contributed by atoms with Crippen molar-refractivity contribution < 1.29 is 4.79 Å². The smallest absolute Gasteiger partial charge is 0.229 e. The first-order chi connectivity index (χ1) is 12.2. The van der Waals surface area contributed by atoms with Gasteiger partial charge in [-0.2, -0.15) is 0 Å². The second-order valence-corrected chi connectivity index (χ2v) is 9.34. The average molecular weight is 408 g/mol. The Hall–Kier alpha value is -1.41. The van der Waals surface area contributed by atoms with Crippen LogP contribution in [0.25, 0.3) is 0 Å². The molecule has 0 saturated heterocycles. The van der Waals surface area contributed by atoms with Gasteiger partial charge in [0.15, 0.2) is 4.34 Å². The average Bonchev–Trinajstić information content (AvgIpc) is 3.01. The highest BCUT2D eigenvalue weighted by molar-refractivity contribution is 8.00. The molecule has 3 aromatic rings. The van der Waals surface area contributed by atoms with Crippen molar-refractivity contribution in [3.8, 4) is 0 Å². The first-order valence-electron chi connectivity index (χ1n) is 7.74. The Kier molecular flexibility index (Phi) is 5.08. The zero-order valence-electron chi connectivity index (χ0n) is 13.0. The molecular weight excluding hydrogens is 394 g/mol. The number of benzene rings is 1. The molecule has 128 valence electrons. The van der Waals surface area contributed by atoms with E-state index < -0.39 is 0 Å². The van der Waals surface area contributed by atoms with E-state index in [1.54, 1.807) is 23.1 Å². The van der Waals surface area contributed by atoms with Crippen LogP contribution in [0, 0.1) is 5.92 Å². The molecule has 0 aliphatic heterocycles. The summed E-state index contributed by atoms with van der Waals surface area (Å²) in [6, 6.07) is 11.9. The van der Waals surface area contributed by atoms with Gasteiger partial charge in [-0.15, -0.1) is 21.5 Å². The third kappa shape index (κ3) is 4.06. The second kappa shape index (κ2) is 7.45. The molecule has 1 N–H and O–H groups in total. The Labute approximate surface area is 162 Å². The van der Waals surface area contributed by atoms with Crippen LogP contribution in [0.4, 0.5) is 5.13 Å². The summed E-state index contributed by atoms with van der Waals surface area (Å²) in [7, 11) is 0. The van der Waals surface area contributed by atoms with E-state index in [0.717, 1.165) is 27.1 Å². The molecule has 1 saturated carbocycles. The van der Waals surface area contributed by atoms with Crippen molar-refractivity contribution in [2.75, 3.05) is 5.32 Å². The van der Waals surface area contributed by atoms with Gasteiger partial charge in [-0.05, 0) is 35.4 Å². The normalized spacial score (nSPS) is 18.9. The highest BCUT2D eigenvalue weighted by atomic mass is 35.5. The Morgan fingerprint density at radius 2 is 2.16 bits per heavy atom. The van der Waals surface area contributed by atoms with E-state index in [0.29, 0.717) is 5.13 Å². The van der Waals surface area contributed by atoms with Crippen LogP contribution in [-0.2, 0) is 10.5 Å². The van der Waals surface area contributed by atoms with E-state index in [1.807, 2.05) is 30.3 Å². The molecule has 1 aromatic carbocycles. The Balaban J connectivity index is 1.32.